The van der Waals surface area contributed by atoms with E-state index in [0.29, 0.717) is 5.92 Å². The van der Waals surface area contributed by atoms with E-state index >= 15 is 0 Å². The number of anilines is 3. The molecule has 60 heavy (non-hydrogen) atoms. The van der Waals surface area contributed by atoms with Gasteiger partial charge >= 0.3 is 0 Å². The molecule has 0 aliphatic heterocycles. The molecule has 0 heterocycles. The Morgan fingerprint density at radius 3 is 1.72 bits per heavy atom. The monoisotopic (exact) mass is 769 g/mol. The quantitative estimate of drug-likeness (QED) is 0.156. The van der Waals surface area contributed by atoms with Gasteiger partial charge in [-0.3, -0.25) is 0 Å². The highest BCUT2D eigenvalue weighted by molar-refractivity contribution is 5.92. The van der Waals surface area contributed by atoms with Crippen LogP contribution in [-0.4, -0.2) is 0 Å². The lowest BCUT2D eigenvalue weighted by Gasteiger charge is -2.42. The van der Waals surface area contributed by atoms with E-state index in [-0.39, 0.29) is 16.7 Å². The number of allylic oxidation sites excluding steroid dienone is 4. The Kier molecular flexibility index (Phi) is 8.50. The first kappa shape index (κ1) is 36.1. The van der Waals surface area contributed by atoms with Gasteiger partial charge < -0.3 is 4.90 Å². The largest absolute Gasteiger partial charge is 0.310 e. The van der Waals surface area contributed by atoms with Gasteiger partial charge in [0.1, 0.15) is 0 Å². The summed E-state index contributed by atoms with van der Waals surface area (Å²) in [5.41, 5.74) is 20.0. The summed E-state index contributed by atoms with van der Waals surface area (Å²) in [5, 5.41) is 0. The van der Waals surface area contributed by atoms with Gasteiger partial charge in [-0.05, 0) is 109 Å². The molecular weight excluding hydrogens is 723 g/mol. The predicted molar refractivity (Wildman–Crippen MR) is 252 cm³/mol. The fourth-order valence-electron chi connectivity index (χ4n) is 10.9. The van der Waals surface area contributed by atoms with Crippen molar-refractivity contribution in [3.63, 3.8) is 0 Å². The Morgan fingerprint density at radius 2 is 0.967 bits per heavy atom. The summed E-state index contributed by atoms with van der Waals surface area (Å²) in [5.74, 6) is 0.657. The van der Waals surface area contributed by atoms with Gasteiger partial charge in [-0.1, -0.05) is 203 Å². The molecule has 0 saturated heterocycles. The SMILES string of the molecule is CC1C=CC=CC1C1(c2ccccc2)c2ccccc2-c2cc(-c3ccc(N(c4ccc5c(c4)C(C)(C)c4ccccc4-5)c4ccccc4-c4ccccc4)cc3)ccc21. The highest BCUT2D eigenvalue weighted by atomic mass is 15.1. The number of hydrogen-bond donors (Lipinski definition) is 0. The first-order chi connectivity index (χ1) is 29.4. The summed E-state index contributed by atoms with van der Waals surface area (Å²) >= 11 is 0. The first-order valence-corrected chi connectivity index (χ1v) is 21.4. The number of nitrogens with zero attached hydrogens (tertiary/aromatic N) is 1. The van der Waals surface area contributed by atoms with E-state index in [4.69, 9.17) is 0 Å². The third-order valence-corrected chi connectivity index (χ3v) is 13.7. The molecule has 1 nitrogen and oxygen atoms in total. The van der Waals surface area contributed by atoms with Crippen molar-refractivity contribution in [2.24, 2.45) is 11.8 Å². The molecule has 0 bridgehead atoms. The van der Waals surface area contributed by atoms with Crippen molar-refractivity contribution in [3.05, 3.63) is 246 Å². The fraction of sp³-hybridized carbons (Fsp3) is 0.119. The molecule has 288 valence electrons. The number of para-hydroxylation sites is 1. The lowest BCUT2D eigenvalue weighted by atomic mass is 9.60. The molecule has 1 heteroatoms. The molecule has 3 aliphatic rings. The van der Waals surface area contributed by atoms with E-state index in [1.54, 1.807) is 0 Å². The summed E-state index contributed by atoms with van der Waals surface area (Å²) in [4.78, 5) is 2.45. The average Bonchev–Trinajstić information content (AvgIpc) is 3.72. The minimum absolute atomic E-state index is 0.108. The Hall–Kier alpha value is -6.96. The van der Waals surface area contributed by atoms with Crippen molar-refractivity contribution in [2.75, 3.05) is 4.90 Å². The van der Waals surface area contributed by atoms with Crippen LogP contribution in [0, 0.1) is 11.8 Å². The number of hydrogen-bond acceptors (Lipinski definition) is 1. The van der Waals surface area contributed by atoms with Crippen LogP contribution in [0.4, 0.5) is 17.1 Å². The van der Waals surface area contributed by atoms with E-state index in [2.05, 4.69) is 244 Å². The van der Waals surface area contributed by atoms with Crippen molar-refractivity contribution < 1.29 is 0 Å². The molecular formula is C59H47N. The molecule has 11 rings (SSSR count). The standard InChI is InChI=1S/C59H47N/c1-40-18-10-14-26-52(40)59(44-21-8-5-9-22-44)54-28-16-12-25-49(54)51-38-43(32-37-55(51)59)41-30-33-45(34-31-41)60(57-29-17-13-23-47(57)42-19-6-4-7-20-42)46-35-36-50-48-24-11-15-27-53(48)58(2,3)56(50)39-46/h4-40,52H,1-3H3. The molecule has 8 aromatic rings. The Bertz CT molecular complexity index is 2970. The molecule has 3 unspecified atom stereocenters. The number of rotatable bonds is 7. The zero-order valence-electron chi connectivity index (χ0n) is 34.4. The second kappa shape index (κ2) is 14.1. The Morgan fingerprint density at radius 1 is 0.400 bits per heavy atom. The van der Waals surface area contributed by atoms with Crippen LogP contribution in [0.3, 0.4) is 0 Å². The summed E-state index contributed by atoms with van der Waals surface area (Å²) in [6, 6.07) is 72.3. The highest BCUT2D eigenvalue weighted by Gasteiger charge is 2.50. The number of benzene rings is 8. The van der Waals surface area contributed by atoms with Gasteiger partial charge in [-0.25, -0.2) is 0 Å². The molecule has 8 aromatic carbocycles. The van der Waals surface area contributed by atoms with Crippen LogP contribution in [-0.2, 0) is 10.8 Å². The maximum atomic E-state index is 2.45. The smallest absolute Gasteiger partial charge is 0.0540 e. The van der Waals surface area contributed by atoms with Gasteiger partial charge in [0.2, 0.25) is 0 Å². The molecule has 0 fully saturated rings. The van der Waals surface area contributed by atoms with Crippen LogP contribution in [0.5, 0.6) is 0 Å². The zero-order chi connectivity index (χ0) is 40.4. The molecule has 0 amide bonds. The summed E-state index contributed by atoms with van der Waals surface area (Å²) in [6.45, 7) is 7.10. The van der Waals surface area contributed by atoms with Crippen molar-refractivity contribution >= 4 is 17.1 Å². The fourth-order valence-corrected chi connectivity index (χ4v) is 10.9. The predicted octanol–water partition coefficient (Wildman–Crippen LogP) is 15.5. The molecule has 3 atom stereocenters. The third kappa shape index (κ3) is 5.46. The van der Waals surface area contributed by atoms with E-state index < -0.39 is 0 Å². The van der Waals surface area contributed by atoms with Gasteiger partial charge in [0.25, 0.3) is 0 Å². The van der Waals surface area contributed by atoms with Crippen molar-refractivity contribution in [2.45, 2.75) is 31.6 Å². The van der Waals surface area contributed by atoms with Gasteiger partial charge in [-0.15, -0.1) is 0 Å². The maximum Gasteiger partial charge on any atom is 0.0540 e. The molecule has 0 aromatic heterocycles. The zero-order valence-corrected chi connectivity index (χ0v) is 34.4. The topological polar surface area (TPSA) is 3.24 Å². The minimum atomic E-state index is -0.297. The van der Waals surface area contributed by atoms with Crippen molar-refractivity contribution in [1.82, 2.24) is 0 Å². The van der Waals surface area contributed by atoms with Gasteiger partial charge in [0, 0.05) is 28.3 Å². The van der Waals surface area contributed by atoms with E-state index in [0.717, 1.165) is 17.1 Å². The maximum absolute atomic E-state index is 2.45. The Balaban J connectivity index is 1.04. The second-order valence-electron chi connectivity index (χ2n) is 17.3. The van der Waals surface area contributed by atoms with Crippen LogP contribution in [0.15, 0.2) is 218 Å². The molecule has 0 radical (unpaired) electrons. The highest BCUT2D eigenvalue weighted by Crippen LogP contribution is 2.59. The summed E-state index contributed by atoms with van der Waals surface area (Å²) < 4.78 is 0. The molecule has 0 N–H and O–H groups in total. The van der Waals surface area contributed by atoms with Gasteiger partial charge in [0.05, 0.1) is 11.1 Å². The van der Waals surface area contributed by atoms with Crippen LogP contribution in [0.1, 0.15) is 48.6 Å². The molecule has 0 saturated carbocycles. The molecule has 0 spiro atoms. The minimum Gasteiger partial charge on any atom is -0.310 e. The second-order valence-corrected chi connectivity index (χ2v) is 17.3. The lowest BCUT2D eigenvalue weighted by molar-refractivity contribution is 0.374. The van der Waals surface area contributed by atoms with E-state index in [1.807, 2.05) is 0 Å². The van der Waals surface area contributed by atoms with Crippen LogP contribution in [0.25, 0.3) is 44.5 Å². The van der Waals surface area contributed by atoms with E-state index in [1.165, 1.54) is 72.3 Å². The van der Waals surface area contributed by atoms with Crippen LogP contribution in [0.2, 0.25) is 0 Å². The van der Waals surface area contributed by atoms with Gasteiger partial charge in [-0.2, -0.15) is 0 Å². The van der Waals surface area contributed by atoms with Crippen LogP contribution < -0.4 is 4.90 Å². The normalized spacial score (nSPS) is 19.0. The van der Waals surface area contributed by atoms with Crippen LogP contribution >= 0.6 is 0 Å². The summed E-state index contributed by atoms with van der Waals surface area (Å²) in [6.07, 6.45) is 9.27. The lowest BCUT2D eigenvalue weighted by Crippen LogP contribution is -2.38. The molecule has 3 aliphatic carbocycles. The van der Waals surface area contributed by atoms with Gasteiger partial charge in [0.15, 0.2) is 0 Å². The first-order valence-electron chi connectivity index (χ1n) is 21.4. The van der Waals surface area contributed by atoms with Crippen molar-refractivity contribution in [1.29, 1.82) is 0 Å². The third-order valence-electron chi connectivity index (χ3n) is 13.7. The summed E-state index contributed by atoms with van der Waals surface area (Å²) in [7, 11) is 0. The number of fused-ring (bicyclic) bond motifs is 6. The van der Waals surface area contributed by atoms with Crippen molar-refractivity contribution in [3.8, 4) is 44.5 Å². The average molecular weight is 770 g/mol. The Labute approximate surface area is 354 Å². The van der Waals surface area contributed by atoms with E-state index in [9.17, 15) is 0 Å².